The molecule has 0 saturated carbocycles. The maximum Gasteiger partial charge on any atom is 0.355 e. The third-order valence-corrected chi connectivity index (χ3v) is 5.29. The zero-order valence-corrected chi connectivity index (χ0v) is 14.6. The van der Waals surface area contributed by atoms with Crippen molar-refractivity contribution in [2.24, 2.45) is 0 Å². The number of nitrogen functional groups attached to an aromatic ring is 1. The first kappa shape index (κ1) is 15.6. The number of anilines is 1. The van der Waals surface area contributed by atoms with E-state index in [1.807, 2.05) is 38.1 Å². The molecule has 4 rings (SSSR count). The summed E-state index contributed by atoms with van der Waals surface area (Å²) < 4.78 is 5.34. The monoisotopic (exact) mass is 352 g/mol. The zero-order valence-electron chi connectivity index (χ0n) is 13.8. The van der Waals surface area contributed by atoms with Gasteiger partial charge in [0.25, 0.3) is 0 Å². The summed E-state index contributed by atoms with van der Waals surface area (Å²) in [6, 6.07) is 9.43. The minimum atomic E-state index is -0.447. The highest BCUT2D eigenvalue weighted by molar-refractivity contribution is 7.18. The van der Waals surface area contributed by atoms with Crippen LogP contribution in [-0.4, -0.2) is 20.9 Å². The lowest BCUT2D eigenvalue weighted by molar-refractivity contribution is 0.0457. The Morgan fingerprint density at radius 1 is 1.28 bits per heavy atom. The van der Waals surface area contributed by atoms with E-state index in [0.717, 1.165) is 31.6 Å². The van der Waals surface area contributed by atoms with E-state index in [2.05, 4.69) is 15.0 Å². The minimum Gasteiger partial charge on any atom is -0.453 e. The van der Waals surface area contributed by atoms with Crippen LogP contribution in [0.15, 0.2) is 30.3 Å². The predicted octanol–water partition coefficient (Wildman–Crippen LogP) is 3.73. The fourth-order valence-corrected chi connectivity index (χ4v) is 3.84. The number of para-hydroxylation sites is 1. The molecule has 3 aromatic heterocycles. The van der Waals surface area contributed by atoms with Crippen molar-refractivity contribution < 1.29 is 9.53 Å². The average Bonchev–Trinajstić information content (AvgIpc) is 3.14. The van der Waals surface area contributed by atoms with Gasteiger partial charge in [0.1, 0.15) is 16.3 Å². The number of thiophene rings is 1. The summed E-state index contributed by atoms with van der Waals surface area (Å²) in [6.07, 6.45) is 0. The maximum absolute atomic E-state index is 12.3. The number of aromatic nitrogens is 3. The average molecular weight is 352 g/mol. The summed E-state index contributed by atoms with van der Waals surface area (Å²) in [7, 11) is 0. The van der Waals surface area contributed by atoms with E-state index < -0.39 is 5.97 Å². The molecule has 0 amide bonds. The van der Waals surface area contributed by atoms with Crippen LogP contribution >= 0.6 is 11.3 Å². The Bertz CT molecular complexity index is 1080. The molecule has 0 unspecified atom stereocenters. The summed E-state index contributed by atoms with van der Waals surface area (Å²) in [5.74, 6) is 0.372. The third-order valence-electron chi connectivity index (χ3n) is 4.19. The van der Waals surface area contributed by atoms with Gasteiger partial charge >= 0.3 is 5.97 Å². The maximum atomic E-state index is 12.3. The van der Waals surface area contributed by atoms with Crippen LogP contribution in [0.4, 0.5) is 5.82 Å². The number of aromatic amines is 1. The van der Waals surface area contributed by atoms with Crippen LogP contribution < -0.4 is 5.73 Å². The van der Waals surface area contributed by atoms with Crippen LogP contribution in [0.5, 0.6) is 0 Å². The number of carbonyl (C=O) groups excluding carboxylic acids is 1. The number of aryl methyl sites for hydroxylation is 2. The number of nitrogens with two attached hydrogens (primary N) is 1. The van der Waals surface area contributed by atoms with Gasteiger partial charge in [0.2, 0.25) is 0 Å². The van der Waals surface area contributed by atoms with E-state index in [9.17, 15) is 4.79 Å². The lowest BCUT2D eigenvalue weighted by Gasteiger charge is -2.04. The van der Waals surface area contributed by atoms with Crippen LogP contribution in [0.2, 0.25) is 0 Å². The number of H-pyrrole nitrogens is 1. The molecule has 25 heavy (non-hydrogen) atoms. The summed E-state index contributed by atoms with van der Waals surface area (Å²) in [5.41, 5.74) is 8.44. The van der Waals surface area contributed by atoms with Crippen molar-refractivity contribution in [3.05, 3.63) is 52.3 Å². The number of nitrogens with zero attached hydrogens (tertiary/aromatic N) is 2. The number of carbonyl (C=O) groups is 1. The first-order chi connectivity index (χ1) is 12.0. The standard InChI is InChI=1S/C18H16N4O2S/c1-9-10(2)25-17-15(9)16(19)21-14(22-17)8-24-18(23)13-7-11-5-3-4-6-12(11)20-13/h3-7,20H,8H2,1-2H3,(H2,19,21,22). The second-order valence-electron chi connectivity index (χ2n) is 5.83. The summed E-state index contributed by atoms with van der Waals surface area (Å²) in [6.45, 7) is 4.00. The molecule has 7 heteroatoms. The zero-order chi connectivity index (χ0) is 17.6. The number of rotatable bonds is 3. The van der Waals surface area contributed by atoms with Gasteiger partial charge in [-0.05, 0) is 31.5 Å². The van der Waals surface area contributed by atoms with Crippen molar-refractivity contribution in [1.29, 1.82) is 0 Å². The SMILES string of the molecule is Cc1sc2nc(COC(=O)c3cc4ccccc4[nH]3)nc(N)c2c1C. The normalized spacial score (nSPS) is 11.3. The van der Waals surface area contributed by atoms with Crippen molar-refractivity contribution in [2.45, 2.75) is 20.5 Å². The highest BCUT2D eigenvalue weighted by atomic mass is 32.1. The third kappa shape index (κ3) is 2.72. The number of esters is 1. The Labute approximate surface area is 147 Å². The Balaban J connectivity index is 1.56. The second kappa shape index (κ2) is 5.86. The first-order valence-corrected chi connectivity index (χ1v) is 8.61. The molecule has 0 fully saturated rings. The quantitative estimate of drug-likeness (QED) is 0.548. The van der Waals surface area contributed by atoms with Crippen LogP contribution in [0, 0.1) is 13.8 Å². The van der Waals surface area contributed by atoms with Crippen LogP contribution in [0.25, 0.3) is 21.1 Å². The second-order valence-corrected chi connectivity index (χ2v) is 7.04. The molecule has 3 N–H and O–H groups in total. The van der Waals surface area contributed by atoms with Crippen molar-refractivity contribution >= 4 is 44.2 Å². The van der Waals surface area contributed by atoms with Crippen molar-refractivity contribution in [3.63, 3.8) is 0 Å². The van der Waals surface area contributed by atoms with Crippen LogP contribution in [0.1, 0.15) is 26.8 Å². The van der Waals surface area contributed by atoms with Gasteiger partial charge in [0.05, 0.1) is 5.39 Å². The van der Waals surface area contributed by atoms with E-state index in [-0.39, 0.29) is 6.61 Å². The molecule has 0 saturated heterocycles. The van der Waals surface area contributed by atoms with Crippen LogP contribution in [-0.2, 0) is 11.3 Å². The Morgan fingerprint density at radius 3 is 2.88 bits per heavy atom. The molecule has 3 heterocycles. The fraction of sp³-hybridized carbons (Fsp3) is 0.167. The van der Waals surface area contributed by atoms with Gasteiger partial charge in [-0.3, -0.25) is 0 Å². The van der Waals surface area contributed by atoms with E-state index in [1.165, 1.54) is 0 Å². The summed E-state index contributed by atoms with van der Waals surface area (Å²) >= 11 is 1.56. The molecule has 0 atom stereocenters. The highest BCUT2D eigenvalue weighted by Crippen LogP contribution is 2.31. The van der Waals surface area contributed by atoms with E-state index in [4.69, 9.17) is 10.5 Å². The largest absolute Gasteiger partial charge is 0.453 e. The van der Waals surface area contributed by atoms with Gasteiger partial charge in [-0.15, -0.1) is 11.3 Å². The topological polar surface area (TPSA) is 93.9 Å². The van der Waals surface area contributed by atoms with Crippen molar-refractivity contribution in [2.75, 3.05) is 5.73 Å². The lowest BCUT2D eigenvalue weighted by Crippen LogP contribution is -2.08. The lowest BCUT2D eigenvalue weighted by atomic mass is 10.2. The van der Waals surface area contributed by atoms with E-state index in [1.54, 1.807) is 17.4 Å². The number of hydrogen-bond acceptors (Lipinski definition) is 6. The number of ether oxygens (including phenoxy) is 1. The number of benzene rings is 1. The molecule has 0 aliphatic heterocycles. The van der Waals surface area contributed by atoms with Gasteiger partial charge < -0.3 is 15.5 Å². The smallest absolute Gasteiger partial charge is 0.355 e. The Kier molecular flexibility index (Phi) is 3.65. The van der Waals surface area contributed by atoms with Crippen molar-refractivity contribution in [1.82, 2.24) is 15.0 Å². The summed E-state index contributed by atoms with van der Waals surface area (Å²) in [4.78, 5) is 26.0. The number of fused-ring (bicyclic) bond motifs is 2. The Hall–Kier alpha value is -2.93. The molecule has 0 aliphatic carbocycles. The fourth-order valence-electron chi connectivity index (χ4n) is 2.78. The van der Waals surface area contributed by atoms with E-state index >= 15 is 0 Å². The molecule has 6 nitrogen and oxygen atoms in total. The molecule has 0 spiro atoms. The molecule has 0 bridgehead atoms. The molecule has 4 aromatic rings. The van der Waals surface area contributed by atoms with Gasteiger partial charge in [0.15, 0.2) is 12.4 Å². The number of nitrogens with one attached hydrogen (secondary N) is 1. The highest BCUT2D eigenvalue weighted by Gasteiger charge is 2.15. The van der Waals surface area contributed by atoms with Gasteiger partial charge in [0, 0.05) is 15.8 Å². The molecular weight excluding hydrogens is 336 g/mol. The van der Waals surface area contributed by atoms with Crippen LogP contribution in [0.3, 0.4) is 0 Å². The number of hydrogen-bond donors (Lipinski definition) is 2. The van der Waals surface area contributed by atoms with E-state index in [0.29, 0.717) is 17.3 Å². The van der Waals surface area contributed by atoms with Crippen molar-refractivity contribution in [3.8, 4) is 0 Å². The van der Waals surface area contributed by atoms with Gasteiger partial charge in [-0.2, -0.15) is 0 Å². The molecule has 0 aliphatic rings. The molecule has 1 aromatic carbocycles. The summed E-state index contributed by atoms with van der Waals surface area (Å²) in [5, 5.41) is 1.84. The predicted molar refractivity (Wildman–Crippen MR) is 98.7 cm³/mol. The van der Waals surface area contributed by atoms with Gasteiger partial charge in [-0.1, -0.05) is 18.2 Å². The molecule has 126 valence electrons. The first-order valence-electron chi connectivity index (χ1n) is 7.80. The molecular formula is C18H16N4O2S. The minimum absolute atomic E-state index is 0.0235. The van der Waals surface area contributed by atoms with Gasteiger partial charge in [-0.25, -0.2) is 14.8 Å². The Morgan fingerprint density at radius 2 is 2.08 bits per heavy atom. The molecule has 0 radical (unpaired) electrons.